The highest BCUT2D eigenvalue weighted by Crippen LogP contribution is 2.21. The van der Waals surface area contributed by atoms with Gasteiger partial charge in [0.2, 0.25) is 0 Å². The van der Waals surface area contributed by atoms with Gasteiger partial charge in [0.05, 0.1) is 12.7 Å². The largest absolute Gasteiger partial charge is 0.495 e. The second-order valence-electron chi connectivity index (χ2n) is 4.55. The maximum absolute atomic E-state index is 8.94. The molecule has 0 amide bonds. The lowest BCUT2D eigenvalue weighted by molar-refractivity contribution is 0.298. The van der Waals surface area contributed by atoms with Crippen LogP contribution in [0.2, 0.25) is 0 Å². The molecule has 0 saturated heterocycles. The highest BCUT2D eigenvalue weighted by Gasteiger charge is 2.04. The number of nitriles is 1. The molecule has 0 spiro atoms. The SMILES string of the molecule is COc1cc(COc2ccc(CCO)cc2)ccc1C#N. The van der Waals surface area contributed by atoms with Crippen LogP contribution in [0.3, 0.4) is 0 Å². The molecule has 4 heteroatoms. The highest BCUT2D eigenvalue weighted by atomic mass is 16.5. The predicted octanol–water partition coefficient (Wildman–Crippen LogP) is 2.68. The van der Waals surface area contributed by atoms with E-state index in [1.165, 1.54) is 0 Å². The molecule has 0 fully saturated rings. The van der Waals surface area contributed by atoms with E-state index in [0.717, 1.165) is 16.9 Å². The molecule has 2 aromatic rings. The van der Waals surface area contributed by atoms with Crippen molar-refractivity contribution in [2.24, 2.45) is 0 Å². The molecule has 0 atom stereocenters. The molecule has 2 rings (SSSR count). The first-order chi connectivity index (χ1) is 10.3. The second kappa shape index (κ2) is 7.32. The van der Waals surface area contributed by atoms with Gasteiger partial charge in [-0.2, -0.15) is 5.26 Å². The molecule has 0 saturated carbocycles. The number of methoxy groups -OCH3 is 1. The Hall–Kier alpha value is -2.51. The van der Waals surface area contributed by atoms with Crippen molar-refractivity contribution in [1.29, 1.82) is 5.26 Å². The van der Waals surface area contributed by atoms with Crippen LogP contribution < -0.4 is 9.47 Å². The van der Waals surface area contributed by atoms with E-state index in [1.54, 1.807) is 19.2 Å². The fourth-order valence-corrected chi connectivity index (χ4v) is 1.97. The van der Waals surface area contributed by atoms with Gasteiger partial charge in [0.1, 0.15) is 24.2 Å². The molecule has 4 nitrogen and oxygen atoms in total. The minimum absolute atomic E-state index is 0.144. The summed E-state index contributed by atoms with van der Waals surface area (Å²) < 4.78 is 10.9. The first kappa shape index (κ1) is 14.9. The number of hydrogen-bond donors (Lipinski definition) is 1. The van der Waals surface area contributed by atoms with Crippen molar-refractivity contribution in [3.05, 3.63) is 59.2 Å². The number of rotatable bonds is 6. The Bertz CT molecular complexity index is 629. The van der Waals surface area contributed by atoms with Crippen LogP contribution in [0.5, 0.6) is 11.5 Å². The summed E-state index contributed by atoms with van der Waals surface area (Å²) >= 11 is 0. The number of hydrogen-bond acceptors (Lipinski definition) is 4. The molecule has 0 unspecified atom stereocenters. The zero-order chi connectivity index (χ0) is 15.1. The number of aliphatic hydroxyl groups excluding tert-OH is 1. The molecular weight excluding hydrogens is 266 g/mol. The summed E-state index contributed by atoms with van der Waals surface area (Å²) in [6.07, 6.45) is 0.646. The first-order valence-electron chi connectivity index (χ1n) is 6.66. The van der Waals surface area contributed by atoms with Gasteiger partial charge in [0.15, 0.2) is 0 Å². The quantitative estimate of drug-likeness (QED) is 0.885. The maximum Gasteiger partial charge on any atom is 0.137 e. The fourth-order valence-electron chi connectivity index (χ4n) is 1.97. The summed E-state index contributed by atoms with van der Waals surface area (Å²) in [5, 5.41) is 17.8. The molecule has 0 aliphatic heterocycles. The third-order valence-corrected chi connectivity index (χ3v) is 3.12. The van der Waals surface area contributed by atoms with Crippen LogP contribution >= 0.6 is 0 Å². The van der Waals surface area contributed by atoms with Gasteiger partial charge >= 0.3 is 0 Å². The molecule has 0 heterocycles. The van der Waals surface area contributed by atoms with Crippen molar-refractivity contribution in [2.75, 3.05) is 13.7 Å². The third-order valence-electron chi connectivity index (χ3n) is 3.12. The Morgan fingerprint density at radius 2 is 1.81 bits per heavy atom. The monoisotopic (exact) mass is 283 g/mol. The number of benzene rings is 2. The molecule has 1 N–H and O–H groups in total. The molecule has 2 aromatic carbocycles. The Balaban J connectivity index is 2.01. The molecule has 108 valence electrons. The van der Waals surface area contributed by atoms with E-state index >= 15 is 0 Å². The van der Waals surface area contributed by atoms with Gasteiger partial charge in [-0.05, 0) is 41.8 Å². The van der Waals surface area contributed by atoms with Gasteiger partial charge < -0.3 is 14.6 Å². The molecule has 0 aliphatic rings. The van der Waals surface area contributed by atoms with Crippen LogP contribution in [0.4, 0.5) is 0 Å². The number of nitrogens with zero attached hydrogens (tertiary/aromatic N) is 1. The van der Waals surface area contributed by atoms with Crippen LogP contribution in [0.25, 0.3) is 0 Å². The molecule has 0 aromatic heterocycles. The lowest BCUT2D eigenvalue weighted by Gasteiger charge is -2.09. The van der Waals surface area contributed by atoms with Gasteiger partial charge in [-0.3, -0.25) is 0 Å². The summed E-state index contributed by atoms with van der Waals surface area (Å²) in [5.41, 5.74) is 2.52. The van der Waals surface area contributed by atoms with Crippen LogP contribution in [0, 0.1) is 11.3 Å². The van der Waals surface area contributed by atoms with E-state index in [-0.39, 0.29) is 6.61 Å². The van der Waals surface area contributed by atoms with Crippen molar-refractivity contribution >= 4 is 0 Å². The number of aliphatic hydroxyl groups is 1. The summed E-state index contributed by atoms with van der Waals surface area (Å²) in [6, 6.07) is 15.1. The van der Waals surface area contributed by atoms with E-state index in [1.807, 2.05) is 30.3 Å². The highest BCUT2D eigenvalue weighted by molar-refractivity contribution is 5.45. The minimum Gasteiger partial charge on any atom is -0.495 e. The lowest BCUT2D eigenvalue weighted by Crippen LogP contribution is -1.98. The zero-order valence-corrected chi connectivity index (χ0v) is 11.9. The third kappa shape index (κ3) is 3.98. The fraction of sp³-hybridized carbons (Fsp3) is 0.235. The first-order valence-corrected chi connectivity index (χ1v) is 6.66. The lowest BCUT2D eigenvalue weighted by atomic mass is 10.1. The van der Waals surface area contributed by atoms with E-state index in [4.69, 9.17) is 19.8 Å². The summed E-state index contributed by atoms with van der Waals surface area (Å²) in [7, 11) is 1.54. The molecular formula is C17H17NO3. The molecule has 0 aliphatic carbocycles. The normalized spacial score (nSPS) is 9.95. The van der Waals surface area contributed by atoms with Crippen molar-refractivity contribution in [3.63, 3.8) is 0 Å². The predicted molar refractivity (Wildman–Crippen MR) is 79.3 cm³/mol. The van der Waals surface area contributed by atoms with E-state index < -0.39 is 0 Å². The van der Waals surface area contributed by atoms with Crippen LogP contribution in [0.15, 0.2) is 42.5 Å². The Kier molecular flexibility index (Phi) is 5.19. The molecule has 21 heavy (non-hydrogen) atoms. The topological polar surface area (TPSA) is 62.5 Å². The summed E-state index contributed by atoms with van der Waals surface area (Å²) in [6.45, 7) is 0.548. The van der Waals surface area contributed by atoms with Gasteiger partial charge in [0.25, 0.3) is 0 Å². The van der Waals surface area contributed by atoms with Gasteiger partial charge in [-0.1, -0.05) is 18.2 Å². The van der Waals surface area contributed by atoms with E-state index in [9.17, 15) is 0 Å². The Morgan fingerprint density at radius 3 is 2.43 bits per heavy atom. The van der Waals surface area contributed by atoms with Crippen molar-refractivity contribution < 1.29 is 14.6 Å². The number of ether oxygens (including phenoxy) is 2. The van der Waals surface area contributed by atoms with Gasteiger partial charge in [0, 0.05) is 6.61 Å². The average molecular weight is 283 g/mol. The van der Waals surface area contributed by atoms with Crippen molar-refractivity contribution in [3.8, 4) is 17.6 Å². The smallest absolute Gasteiger partial charge is 0.137 e. The van der Waals surface area contributed by atoms with E-state index in [2.05, 4.69) is 6.07 Å². The van der Waals surface area contributed by atoms with Crippen molar-refractivity contribution in [1.82, 2.24) is 0 Å². The summed E-state index contributed by atoms with van der Waals surface area (Å²) in [5.74, 6) is 1.32. The summed E-state index contributed by atoms with van der Waals surface area (Å²) in [4.78, 5) is 0. The standard InChI is InChI=1S/C17H17NO3/c1-20-17-10-14(2-5-15(17)11-18)12-21-16-6-3-13(4-7-16)8-9-19/h2-7,10,19H,8-9,12H2,1H3. The minimum atomic E-state index is 0.144. The molecule has 0 radical (unpaired) electrons. The van der Waals surface area contributed by atoms with Crippen LogP contribution in [0.1, 0.15) is 16.7 Å². The average Bonchev–Trinajstić information content (AvgIpc) is 2.54. The zero-order valence-electron chi connectivity index (χ0n) is 11.9. The second-order valence-corrected chi connectivity index (χ2v) is 4.55. The maximum atomic E-state index is 8.94. The molecule has 0 bridgehead atoms. The van der Waals surface area contributed by atoms with Crippen LogP contribution in [-0.4, -0.2) is 18.8 Å². The Labute approximate surface area is 124 Å². The van der Waals surface area contributed by atoms with E-state index in [0.29, 0.717) is 24.3 Å². The van der Waals surface area contributed by atoms with Gasteiger partial charge in [-0.15, -0.1) is 0 Å². The van der Waals surface area contributed by atoms with Crippen molar-refractivity contribution in [2.45, 2.75) is 13.0 Å². The Morgan fingerprint density at radius 1 is 1.10 bits per heavy atom. The van der Waals surface area contributed by atoms with Gasteiger partial charge in [-0.25, -0.2) is 0 Å². The van der Waals surface area contributed by atoms with Crippen LogP contribution in [-0.2, 0) is 13.0 Å².